The number of nitrogens with one attached hydrogen (secondary N) is 3. The Morgan fingerprint density at radius 2 is 1.68 bits per heavy atom. The largest absolute Gasteiger partial charge is 0.471 e. The van der Waals surface area contributed by atoms with Crippen LogP contribution in [0.25, 0.3) is 11.0 Å². The van der Waals surface area contributed by atoms with Crippen molar-refractivity contribution in [1.29, 1.82) is 0 Å². The number of aromatic nitrogens is 2. The number of para-hydroxylation sites is 2. The molecule has 322 valence electrons. The maximum Gasteiger partial charge on any atom is 0.408 e. The van der Waals surface area contributed by atoms with E-state index in [4.69, 9.17) is 9.47 Å². The van der Waals surface area contributed by atoms with Gasteiger partial charge in [0.2, 0.25) is 34.1 Å². The fourth-order valence-corrected chi connectivity index (χ4v) is 10.6. The quantitative estimate of drug-likeness (QED) is 0.336. The number of ether oxygens (including phenoxy) is 2. The number of hydrogen-bond acceptors (Lipinski definition) is 10. The lowest BCUT2D eigenvalue weighted by Crippen LogP contribution is -2.60. The van der Waals surface area contributed by atoms with Crippen LogP contribution in [0.5, 0.6) is 5.88 Å². The summed E-state index contributed by atoms with van der Waals surface area (Å²) in [5, 5.41) is 5.07. The number of amides is 4. The number of carbonyl (C=O) groups excluding carboxylic acids is 4. The van der Waals surface area contributed by atoms with Crippen molar-refractivity contribution < 1.29 is 54.6 Å². The molecule has 2 aromatic rings. The topological polar surface area (TPSA) is 186 Å². The molecule has 0 radical (unpaired) electrons. The molecule has 0 spiro atoms. The van der Waals surface area contributed by atoms with Gasteiger partial charge in [0.15, 0.2) is 5.69 Å². The van der Waals surface area contributed by atoms with Crippen molar-refractivity contribution in [2.45, 2.75) is 139 Å². The molecule has 6 aliphatic rings. The third-order valence-electron chi connectivity index (χ3n) is 13.4. The lowest BCUT2D eigenvalue weighted by molar-refractivity contribution is -0.143. The lowest BCUT2D eigenvalue weighted by Gasteiger charge is -2.36. The molecule has 4 saturated carbocycles. The molecule has 3 heterocycles. The van der Waals surface area contributed by atoms with Gasteiger partial charge >= 0.3 is 6.09 Å². The van der Waals surface area contributed by atoms with Gasteiger partial charge in [-0.1, -0.05) is 39.3 Å². The normalized spacial score (nSPS) is 33.9. The highest BCUT2D eigenvalue weighted by Crippen LogP contribution is 2.58. The van der Waals surface area contributed by atoms with Crippen LogP contribution >= 0.6 is 0 Å². The first-order valence-electron chi connectivity index (χ1n) is 20.4. The lowest BCUT2D eigenvalue weighted by atomic mass is 9.85. The minimum atomic E-state index is -4.29. The molecule has 14 nitrogen and oxygen atoms in total. The van der Waals surface area contributed by atoms with E-state index in [1.807, 2.05) is 4.72 Å². The molecule has 59 heavy (non-hydrogen) atoms. The van der Waals surface area contributed by atoms with E-state index < -0.39 is 123 Å². The van der Waals surface area contributed by atoms with Gasteiger partial charge in [-0.3, -0.25) is 19.1 Å². The van der Waals surface area contributed by atoms with Crippen LogP contribution in [0, 0.1) is 29.1 Å². The number of carbonyl (C=O) groups is 4. The van der Waals surface area contributed by atoms with Crippen LogP contribution in [0.1, 0.15) is 97.6 Å². The van der Waals surface area contributed by atoms with Crippen LogP contribution in [0.2, 0.25) is 0 Å². The average Bonchev–Trinajstić information content (AvgIpc) is 4.11. The minimum absolute atomic E-state index is 0.0417. The molecule has 1 saturated heterocycles. The van der Waals surface area contributed by atoms with Crippen LogP contribution in [0.15, 0.2) is 24.3 Å². The van der Waals surface area contributed by atoms with E-state index in [9.17, 15) is 36.4 Å². The van der Waals surface area contributed by atoms with Gasteiger partial charge in [0.25, 0.3) is 11.8 Å². The second-order valence-corrected chi connectivity index (χ2v) is 20.9. The summed E-state index contributed by atoms with van der Waals surface area (Å²) in [5.41, 5.74) is -3.58. The number of sulfonamides is 1. The predicted octanol–water partition coefficient (Wildman–Crippen LogP) is 4.95. The maximum absolute atomic E-state index is 16.3. The highest BCUT2D eigenvalue weighted by molar-refractivity contribution is 7.91. The fraction of sp³-hybridized carbons (Fsp3) is 0.700. The smallest absolute Gasteiger partial charge is 0.408 e. The van der Waals surface area contributed by atoms with Gasteiger partial charge in [0.05, 0.1) is 28.2 Å². The number of rotatable bonds is 6. The summed E-state index contributed by atoms with van der Waals surface area (Å²) in [6.07, 6.45) is -3.97. The highest BCUT2D eigenvalue weighted by atomic mass is 32.2. The number of alkyl halides is 4. The Kier molecular flexibility index (Phi) is 10.1. The molecule has 1 aromatic carbocycles. The summed E-state index contributed by atoms with van der Waals surface area (Å²) in [6.45, 7) is 6.06. The molecule has 5 fully saturated rings. The van der Waals surface area contributed by atoms with Gasteiger partial charge < -0.3 is 25.0 Å². The number of hydrogen-bond donors (Lipinski definition) is 3. The molecular formula is C40H50F4N6O8S. The van der Waals surface area contributed by atoms with Gasteiger partial charge in [-0.2, -0.15) is 8.78 Å². The van der Waals surface area contributed by atoms with Crippen molar-refractivity contribution in [3.63, 3.8) is 0 Å². The Morgan fingerprint density at radius 3 is 2.32 bits per heavy atom. The Morgan fingerprint density at radius 1 is 0.983 bits per heavy atom. The molecule has 1 aromatic heterocycles. The van der Waals surface area contributed by atoms with Crippen LogP contribution < -0.4 is 20.1 Å². The van der Waals surface area contributed by atoms with E-state index in [-0.39, 0.29) is 42.6 Å². The van der Waals surface area contributed by atoms with Gasteiger partial charge in [-0.05, 0) is 87.2 Å². The number of halogens is 4. The molecule has 2 bridgehead atoms. The summed E-state index contributed by atoms with van der Waals surface area (Å²) < 4.78 is 99.8. The van der Waals surface area contributed by atoms with E-state index in [2.05, 4.69) is 20.6 Å². The number of fused-ring (bicyclic) bond motifs is 7. The van der Waals surface area contributed by atoms with E-state index in [0.717, 1.165) is 11.3 Å². The van der Waals surface area contributed by atoms with Crippen LogP contribution in [-0.4, -0.2) is 94.6 Å². The second kappa shape index (κ2) is 14.4. The van der Waals surface area contributed by atoms with Crippen molar-refractivity contribution >= 4 is 44.9 Å². The minimum Gasteiger partial charge on any atom is -0.471 e. The average molecular weight is 851 g/mol. The molecule has 8 rings (SSSR count). The standard InChI is InChI=1S/C40H50F4N6O8S/c1-37(2,3)30-34(52)50-19-21(17-27(50)32(51)48-39(18-24(39)31(41)42)35(53)49-59(55,56)38(4)13-14-38)57-33-29(45-25-10-5-6-11-26(25)46-33)40(43,44)12-8-7-9-22-23-15-20(23)16-28(22)58-36(54)47-30/h5-6,10-11,20-24,27-28,30-31H,7-9,12-19H2,1-4H3,(H,47,54)(H,48,51)(H,49,53)/t20-,21+,22+,23-,24?,27-,28+,30+,39+/m0/s1. The summed E-state index contributed by atoms with van der Waals surface area (Å²) in [4.78, 5) is 66.0. The van der Waals surface area contributed by atoms with E-state index in [1.165, 1.54) is 6.92 Å². The summed E-state index contributed by atoms with van der Waals surface area (Å²) in [7, 11) is -4.29. The summed E-state index contributed by atoms with van der Waals surface area (Å²) >= 11 is 0. The second-order valence-electron chi connectivity index (χ2n) is 18.7. The van der Waals surface area contributed by atoms with Crippen molar-refractivity contribution in [3.8, 4) is 5.88 Å². The number of benzene rings is 1. The van der Waals surface area contributed by atoms with Gasteiger partial charge in [0, 0.05) is 12.8 Å². The Bertz CT molecular complexity index is 2170. The molecule has 9 atom stereocenters. The number of nitrogens with zero attached hydrogens (tertiary/aromatic N) is 3. The molecule has 4 aliphatic carbocycles. The first-order chi connectivity index (χ1) is 27.6. The first kappa shape index (κ1) is 41.4. The molecular weight excluding hydrogens is 801 g/mol. The van der Waals surface area contributed by atoms with Gasteiger partial charge in [-0.25, -0.2) is 32.0 Å². The molecule has 19 heteroatoms. The Hall–Kier alpha value is -4.29. The Labute approximate surface area is 339 Å². The van der Waals surface area contributed by atoms with Crippen LogP contribution in [0.4, 0.5) is 22.4 Å². The van der Waals surface area contributed by atoms with Gasteiger partial charge in [0.1, 0.15) is 29.8 Å². The van der Waals surface area contributed by atoms with Gasteiger partial charge in [-0.15, -0.1) is 0 Å². The molecule has 1 unspecified atom stereocenters. The Balaban J connectivity index is 1.15. The summed E-state index contributed by atoms with van der Waals surface area (Å²) in [5.74, 6) is -8.33. The molecule has 4 amide bonds. The first-order valence-corrected chi connectivity index (χ1v) is 21.9. The monoisotopic (exact) mass is 850 g/mol. The zero-order valence-electron chi connectivity index (χ0n) is 33.3. The predicted molar refractivity (Wildman–Crippen MR) is 202 cm³/mol. The third kappa shape index (κ3) is 7.80. The highest BCUT2D eigenvalue weighted by Gasteiger charge is 2.67. The SMILES string of the molecule is CC(C)(C)[C@@H]1NC(=O)O[C@@H]2C[C@@H]3C[C@@H]3[C@H]2CCCCC(F)(F)c2nc3ccccc3nc2O[C@@H]2C[C@@H](C(=O)N[C@]3(C(=O)NS(=O)(=O)C4(C)CC4)CC3C(F)F)N(C2)C1=O. The molecule has 2 aliphatic heterocycles. The zero-order valence-corrected chi connectivity index (χ0v) is 34.1. The van der Waals surface area contributed by atoms with Crippen molar-refractivity contribution in [1.82, 2.24) is 30.2 Å². The maximum atomic E-state index is 16.3. The van der Waals surface area contributed by atoms with E-state index in [0.29, 0.717) is 31.1 Å². The zero-order chi connectivity index (χ0) is 42.4. The van der Waals surface area contributed by atoms with Crippen LogP contribution in [-0.2, 0) is 35.1 Å². The summed E-state index contributed by atoms with van der Waals surface area (Å²) in [6, 6.07) is 3.53. The third-order valence-corrected chi connectivity index (χ3v) is 15.5. The van der Waals surface area contributed by atoms with Crippen molar-refractivity contribution in [2.75, 3.05) is 6.54 Å². The van der Waals surface area contributed by atoms with E-state index >= 15 is 8.78 Å². The van der Waals surface area contributed by atoms with Crippen molar-refractivity contribution in [2.24, 2.45) is 29.1 Å². The van der Waals surface area contributed by atoms with E-state index in [1.54, 1.807) is 45.0 Å². The van der Waals surface area contributed by atoms with Crippen molar-refractivity contribution in [3.05, 3.63) is 30.0 Å². The van der Waals surface area contributed by atoms with Crippen LogP contribution in [0.3, 0.4) is 0 Å². The molecule has 3 N–H and O–H groups in total. The number of alkyl carbamates (subject to hydrolysis) is 1. The fourth-order valence-electron chi connectivity index (χ4n) is 9.28.